The molecule has 7 heteroatoms. The van der Waals surface area contributed by atoms with E-state index in [9.17, 15) is 4.79 Å². The molecule has 0 bridgehead atoms. The minimum Gasteiger partial charge on any atom is -0.370 e. The molecular weight excluding hydrogens is 371 g/mol. The zero-order valence-corrected chi connectivity index (χ0v) is 15.9. The molecule has 2 aromatic rings. The normalized spacial score (nSPS) is 15.6. The monoisotopic (exact) mass is 390 g/mol. The predicted octanol–water partition coefficient (Wildman–Crippen LogP) is 3.90. The summed E-state index contributed by atoms with van der Waals surface area (Å²) in [5.41, 5.74) is 8.79. The van der Waals surface area contributed by atoms with Crippen LogP contribution >= 0.6 is 23.2 Å². The van der Waals surface area contributed by atoms with Gasteiger partial charge >= 0.3 is 0 Å². The second-order valence-electron chi connectivity index (χ2n) is 6.20. The van der Waals surface area contributed by atoms with Crippen LogP contribution in [0, 0.1) is 0 Å². The number of guanidine groups is 1. The van der Waals surface area contributed by atoms with Crippen molar-refractivity contribution in [3.63, 3.8) is 0 Å². The molecule has 2 aromatic carbocycles. The van der Waals surface area contributed by atoms with E-state index >= 15 is 0 Å². The fraction of sp³-hybridized carbons (Fsp3) is 0.263. The van der Waals surface area contributed by atoms with Gasteiger partial charge in [-0.2, -0.15) is 0 Å². The Balaban J connectivity index is 1.63. The molecule has 0 spiro atoms. The molecule has 0 aliphatic carbocycles. The standard InChI is InChI=1S/C19H20Cl2N4O/c1-12(16-6-5-14(20)10-17(16)21)24-19(22)23-11-13-3-2-4-15(9-13)25-8-7-18(25)26/h2-6,9-10,12H,7-8,11H2,1H3,(H3,22,23,24). The Morgan fingerprint density at radius 1 is 1.31 bits per heavy atom. The molecule has 1 heterocycles. The highest BCUT2D eigenvalue weighted by Crippen LogP contribution is 2.26. The Kier molecular flexibility index (Phi) is 5.69. The summed E-state index contributed by atoms with van der Waals surface area (Å²) < 4.78 is 0. The summed E-state index contributed by atoms with van der Waals surface area (Å²) in [4.78, 5) is 17.7. The second-order valence-corrected chi connectivity index (χ2v) is 7.04. The van der Waals surface area contributed by atoms with Crippen LogP contribution in [0.1, 0.15) is 30.5 Å². The Morgan fingerprint density at radius 3 is 2.77 bits per heavy atom. The lowest BCUT2D eigenvalue weighted by molar-refractivity contribution is -0.122. The molecule has 26 heavy (non-hydrogen) atoms. The fourth-order valence-corrected chi connectivity index (χ4v) is 3.36. The number of carbonyl (C=O) groups is 1. The highest BCUT2D eigenvalue weighted by atomic mass is 35.5. The van der Waals surface area contributed by atoms with Gasteiger partial charge < -0.3 is 16.0 Å². The number of nitrogens with one attached hydrogen (secondary N) is 1. The topological polar surface area (TPSA) is 70.7 Å². The van der Waals surface area contributed by atoms with E-state index in [2.05, 4.69) is 10.3 Å². The minimum atomic E-state index is -0.103. The van der Waals surface area contributed by atoms with Crippen LogP contribution in [0.5, 0.6) is 0 Å². The lowest BCUT2D eigenvalue weighted by Crippen LogP contribution is -2.43. The zero-order valence-electron chi connectivity index (χ0n) is 14.4. The largest absolute Gasteiger partial charge is 0.370 e. The van der Waals surface area contributed by atoms with Gasteiger partial charge in [0.2, 0.25) is 5.91 Å². The van der Waals surface area contributed by atoms with Crippen molar-refractivity contribution in [2.75, 3.05) is 11.4 Å². The number of halogens is 2. The number of benzene rings is 2. The number of anilines is 1. The summed E-state index contributed by atoms with van der Waals surface area (Å²) >= 11 is 12.1. The van der Waals surface area contributed by atoms with Crippen molar-refractivity contribution in [3.05, 3.63) is 63.6 Å². The van der Waals surface area contributed by atoms with E-state index in [0.717, 1.165) is 23.4 Å². The molecule has 0 saturated carbocycles. The van der Waals surface area contributed by atoms with Gasteiger partial charge in [-0.15, -0.1) is 0 Å². The van der Waals surface area contributed by atoms with E-state index in [1.807, 2.05) is 37.3 Å². The van der Waals surface area contributed by atoms with Gasteiger partial charge in [-0.3, -0.25) is 4.79 Å². The first-order valence-electron chi connectivity index (χ1n) is 8.35. The Bertz CT molecular complexity index is 853. The molecule has 1 unspecified atom stereocenters. The Morgan fingerprint density at radius 2 is 2.12 bits per heavy atom. The van der Waals surface area contributed by atoms with Crippen LogP contribution in [0.15, 0.2) is 47.5 Å². The zero-order chi connectivity index (χ0) is 18.7. The number of hydrogen-bond donors (Lipinski definition) is 2. The van der Waals surface area contributed by atoms with Crippen molar-refractivity contribution in [2.45, 2.75) is 25.9 Å². The fourth-order valence-electron chi connectivity index (χ4n) is 2.79. The molecule has 1 fully saturated rings. The first kappa shape index (κ1) is 18.5. The third-order valence-electron chi connectivity index (χ3n) is 4.30. The molecular formula is C19H20Cl2N4O. The smallest absolute Gasteiger partial charge is 0.228 e. The number of nitrogens with two attached hydrogens (primary N) is 1. The van der Waals surface area contributed by atoms with E-state index in [1.54, 1.807) is 17.0 Å². The number of aliphatic imine (C=N–C) groups is 1. The maximum Gasteiger partial charge on any atom is 0.228 e. The van der Waals surface area contributed by atoms with E-state index < -0.39 is 0 Å². The maximum absolute atomic E-state index is 11.6. The summed E-state index contributed by atoms with van der Waals surface area (Å²) in [6.45, 7) is 3.15. The molecule has 1 saturated heterocycles. The van der Waals surface area contributed by atoms with E-state index in [-0.39, 0.29) is 11.9 Å². The summed E-state index contributed by atoms with van der Waals surface area (Å²) in [6.07, 6.45) is 0.615. The number of hydrogen-bond acceptors (Lipinski definition) is 2. The number of rotatable bonds is 5. The van der Waals surface area contributed by atoms with Gasteiger partial charge in [-0.05, 0) is 42.3 Å². The van der Waals surface area contributed by atoms with Gasteiger partial charge in [0.25, 0.3) is 0 Å². The van der Waals surface area contributed by atoms with Crippen molar-refractivity contribution in [1.29, 1.82) is 0 Å². The third-order valence-corrected chi connectivity index (χ3v) is 4.86. The lowest BCUT2D eigenvalue weighted by Gasteiger charge is -2.30. The Labute approximate surface area is 162 Å². The second kappa shape index (κ2) is 7.98. The molecule has 136 valence electrons. The van der Waals surface area contributed by atoms with Gasteiger partial charge in [0.05, 0.1) is 12.6 Å². The molecule has 3 N–H and O–H groups in total. The highest BCUT2D eigenvalue weighted by Gasteiger charge is 2.24. The predicted molar refractivity (Wildman–Crippen MR) is 107 cm³/mol. The van der Waals surface area contributed by atoms with E-state index in [4.69, 9.17) is 28.9 Å². The van der Waals surface area contributed by atoms with Gasteiger partial charge in [0.15, 0.2) is 5.96 Å². The van der Waals surface area contributed by atoms with Crippen molar-refractivity contribution in [2.24, 2.45) is 10.7 Å². The van der Waals surface area contributed by atoms with Crippen LogP contribution in [0.3, 0.4) is 0 Å². The van der Waals surface area contributed by atoms with Crippen molar-refractivity contribution >= 4 is 40.8 Å². The third kappa shape index (κ3) is 4.29. The SMILES string of the molecule is CC(NC(N)=NCc1cccc(N2CCC2=O)c1)c1ccc(Cl)cc1Cl. The molecule has 5 nitrogen and oxygen atoms in total. The van der Waals surface area contributed by atoms with Crippen molar-refractivity contribution in [1.82, 2.24) is 5.32 Å². The Hall–Kier alpha value is -2.24. The number of carbonyl (C=O) groups excluding carboxylic acids is 1. The average molecular weight is 391 g/mol. The first-order valence-corrected chi connectivity index (χ1v) is 9.10. The maximum atomic E-state index is 11.6. The van der Waals surface area contributed by atoms with Crippen LogP contribution in [0.25, 0.3) is 0 Å². The molecule has 3 rings (SSSR count). The molecule has 0 radical (unpaired) electrons. The minimum absolute atomic E-state index is 0.103. The summed E-state index contributed by atoms with van der Waals surface area (Å²) in [6, 6.07) is 13.0. The van der Waals surface area contributed by atoms with Crippen LogP contribution in [0.2, 0.25) is 10.0 Å². The molecule has 1 amide bonds. The molecule has 1 atom stereocenters. The highest BCUT2D eigenvalue weighted by molar-refractivity contribution is 6.35. The average Bonchev–Trinajstić information content (AvgIpc) is 2.59. The van der Waals surface area contributed by atoms with E-state index in [1.165, 1.54) is 0 Å². The van der Waals surface area contributed by atoms with Crippen LogP contribution in [0.4, 0.5) is 5.69 Å². The van der Waals surface area contributed by atoms with Gasteiger partial charge in [-0.1, -0.05) is 41.4 Å². The molecule has 0 aromatic heterocycles. The first-order chi connectivity index (χ1) is 12.4. The van der Waals surface area contributed by atoms with Gasteiger partial charge in [0.1, 0.15) is 0 Å². The van der Waals surface area contributed by atoms with Crippen LogP contribution < -0.4 is 16.0 Å². The van der Waals surface area contributed by atoms with E-state index in [0.29, 0.717) is 29.0 Å². The molecule has 1 aliphatic heterocycles. The van der Waals surface area contributed by atoms with Crippen LogP contribution in [-0.4, -0.2) is 18.4 Å². The summed E-state index contributed by atoms with van der Waals surface area (Å²) in [7, 11) is 0. The summed E-state index contributed by atoms with van der Waals surface area (Å²) in [5, 5.41) is 4.30. The number of β-lactam (4-membered cyclic amide) rings is 1. The van der Waals surface area contributed by atoms with Crippen molar-refractivity contribution < 1.29 is 4.79 Å². The van der Waals surface area contributed by atoms with Gasteiger partial charge in [0, 0.05) is 28.7 Å². The summed E-state index contributed by atoms with van der Waals surface area (Å²) in [5.74, 6) is 0.481. The number of nitrogens with zero attached hydrogens (tertiary/aromatic N) is 2. The lowest BCUT2D eigenvalue weighted by atomic mass is 10.1. The van der Waals surface area contributed by atoms with Crippen molar-refractivity contribution in [3.8, 4) is 0 Å². The van der Waals surface area contributed by atoms with Crippen LogP contribution in [-0.2, 0) is 11.3 Å². The van der Waals surface area contributed by atoms with Gasteiger partial charge in [-0.25, -0.2) is 4.99 Å². The molecule has 1 aliphatic rings. The quantitative estimate of drug-likeness (QED) is 0.462. The number of amides is 1.